The number of carbonyl (C=O) groups excluding carboxylic acids is 2. The maximum atomic E-state index is 13.5. The summed E-state index contributed by atoms with van der Waals surface area (Å²) < 4.78 is 6.47. The minimum atomic E-state index is -0.903. The van der Waals surface area contributed by atoms with Crippen LogP contribution in [-0.2, 0) is 9.59 Å². The fourth-order valence-corrected chi connectivity index (χ4v) is 5.81. The molecule has 0 spiro atoms. The van der Waals surface area contributed by atoms with Crippen molar-refractivity contribution in [3.63, 3.8) is 0 Å². The van der Waals surface area contributed by atoms with Crippen LogP contribution in [0.5, 0.6) is 5.75 Å². The van der Waals surface area contributed by atoms with Crippen molar-refractivity contribution in [3.8, 4) is 5.75 Å². The number of benzene rings is 3. The quantitative estimate of drug-likeness (QED) is 0.172. The summed E-state index contributed by atoms with van der Waals surface area (Å²) in [6.07, 6.45) is 0. The van der Waals surface area contributed by atoms with E-state index in [1.165, 1.54) is 16.2 Å². The summed E-state index contributed by atoms with van der Waals surface area (Å²) in [5.41, 5.74) is 3.56. The van der Waals surface area contributed by atoms with Crippen molar-refractivity contribution < 1.29 is 19.4 Å². The lowest BCUT2D eigenvalue weighted by Crippen LogP contribution is -2.29. The SMILES string of the molecule is CCOc1ccc(Cl)c(/C(O)=C2\C(=O)C(=O)N(c3nc4ccc(C)cc4s3)C2c2ccc(N(C)C)cc2)c1. The highest BCUT2D eigenvalue weighted by molar-refractivity contribution is 7.22. The minimum Gasteiger partial charge on any atom is -0.507 e. The molecule has 1 amide bonds. The number of aliphatic hydroxyl groups is 1. The van der Waals surface area contributed by atoms with Crippen molar-refractivity contribution >= 4 is 61.4 Å². The van der Waals surface area contributed by atoms with Gasteiger partial charge in [0.15, 0.2) is 5.13 Å². The third-order valence-corrected chi connectivity index (χ3v) is 7.76. The van der Waals surface area contributed by atoms with Crippen LogP contribution in [0.15, 0.2) is 66.2 Å². The largest absolute Gasteiger partial charge is 0.507 e. The zero-order valence-electron chi connectivity index (χ0n) is 21.4. The molecule has 9 heteroatoms. The number of anilines is 2. The molecule has 1 fully saturated rings. The number of amides is 1. The number of aryl methyl sites for hydroxylation is 1. The first-order chi connectivity index (χ1) is 18.2. The number of nitrogens with zero attached hydrogens (tertiary/aromatic N) is 3. The van der Waals surface area contributed by atoms with Crippen LogP contribution in [0.4, 0.5) is 10.8 Å². The molecule has 1 aliphatic heterocycles. The van der Waals surface area contributed by atoms with E-state index in [0.29, 0.717) is 23.1 Å². The molecule has 2 heterocycles. The molecule has 1 aromatic heterocycles. The predicted octanol–water partition coefficient (Wildman–Crippen LogP) is 6.35. The van der Waals surface area contributed by atoms with Crippen LogP contribution in [0.3, 0.4) is 0 Å². The van der Waals surface area contributed by atoms with Crippen LogP contribution in [0, 0.1) is 6.92 Å². The zero-order valence-corrected chi connectivity index (χ0v) is 22.9. The molecule has 5 rings (SSSR count). The molecule has 1 aliphatic rings. The van der Waals surface area contributed by atoms with Gasteiger partial charge >= 0.3 is 5.91 Å². The molecule has 3 aromatic carbocycles. The maximum absolute atomic E-state index is 13.5. The van der Waals surface area contributed by atoms with E-state index in [1.54, 1.807) is 18.2 Å². The number of fused-ring (bicyclic) bond motifs is 1. The van der Waals surface area contributed by atoms with Gasteiger partial charge in [-0.05, 0) is 67.4 Å². The van der Waals surface area contributed by atoms with Crippen LogP contribution in [-0.4, -0.2) is 42.5 Å². The number of carbonyl (C=O) groups is 2. The molecule has 1 unspecified atom stereocenters. The molecule has 0 saturated carbocycles. The molecular formula is C29H26ClN3O4S. The number of halogens is 1. The number of rotatable bonds is 6. The Morgan fingerprint density at radius 3 is 2.53 bits per heavy atom. The Labute approximate surface area is 229 Å². The van der Waals surface area contributed by atoms with E-state index < -0.39 is 17.7 Å². The van der Waals surface area contributed by atoms with Gasteiger partial charge in [0.2, 0.25) is 0 Å². The number of thiazole rings is 1. The average Bonchev–Trinajstić information content (AvgIpc) is 3.42. The number of hydrogen-bond donors (Lipinski definition) is 1. The van der Waals surface area contributed by atoms with Crippen LogP contribution in [0.25, 0.3) is 16.0 Å². The van der Waals surface area contributed by atoms with Crippen molar-refractivity contribution in [1.82, 2.24) is 4.98 Å². The molecule has 1 N–H and O–H groups in total. The topological polar surface area (TPSA) is 83.0 Å². The highest BCUT2D eigenvalue weighted by atomic mass is 35.5. The highest BCUT2D eigenvalue weighted by Crippen LogP contribution is 2.45. The van der Waals surface area contributed by atoms with Gasteiger partial charge in [-0.25, -0.2) is 4.98 Å². The van der Waals surface area contributed by atoms with E-state index in [2.05, 4.69) is 4.98 Å². The van der Waals surface area contributed by atoms with Crippen molar-refractivity contribution in [1.29, 1.82) is 0 Å². The van der Waals surface area contributed by atoms with E-state index in [9.17, 15) is 14.7 Å². The summed E-state index contributed by atoms with van der Waals surface area (Å²) >= 11 is 7.78. The third kappa shape index (κ3) is 4.50. The lowest BCUT2D eigenvalue weighted by molar-refractivity contribution is -0.132. The van der Waals surface area contributed by atoms with Gasteiger partial charge in [0.25, 0.3) is 5.78 Å². The Morgan fingerprint density at radius 1 is 1.11 bits per heavy atom. The Bertz CT molecular complexity index is 1590. The number of hydrogen-bond acceptors (Lipinski definition) is 7. The van der Waals surface area contributed by atoms with Crippen molar-refractivity contribution in [2.24, 2.45) is 0 Å². The van der Waals surface area contributed by atoms with E-state index in [4.69, 9.17) is 16.3 Å². The molecule has 0 bridgehead atoms. The van der Waals surface area contributed by atoms with Gasteiger partial charge in [0, 0.05) is 25.3 Å². The number of aromatic nitrogens is 1. The molecule has 4 aromatic rings. The van der Waals surface area contributed by atoms with Crippen molar-refractivity contribution in [2.45, 2.75) is 19.9 Å². The lowest BCUT2D eigenvalue weighted by Gasteiger charge is -2.24. The van der Waals surface area contributed by atoms with Gasteiger partial charge in [-0.2, -0.15) is 0 Å². The Balaban J connectivity index is 1.72. The molecule has 38 heavy (non-hydrogen) atoms. The maximum Gasteiger partial charge on any atom is 0.301 e. The fourth-order valence-electron chi connectivity index (χ4n) is 4.51. The average molecular weight is 548 g/mol. The molecule has 194 valence electrons. The van der Waals surface area contributed by atoms with E-state index in [1.807, 2.05) is 75.3 Å². The number of Topliss-reactive ketones (excluding diaryl/α,β-unsaturated/α-hetero) is 1. The Kier molecular flexibility index (Phi) is 6.86. The van der Waals surface area contributed by atoms with Gasteiger partial charge < -0.3 is 14.7 Å². The monoisotopic (exact) mass is 547 g/mol. The normalized spacial score (nSPS) is 16.9. The van der Waals surface area contributed by atoms with Gasteiger partial charge in [-0.15, -0.1) is 0 Å². The summed E-state index contributed by atoms with van der Waals surface area (Å²) in [6.45, 7) is 4.25. The second-order valence-corrected chi connectivity index (χ2v) is 10.6. The predicted molar refractivity (Wildman–Crippen MR) is 153 cm³/mol. The molecule has 0 aliphatic carbocycles. The summed E-state index contributed by atoms with van der Waals surface area (Å²) in [5, 5.41) is 12.1. The summed E-state index contributed by atoms with van der Waals surface area (Å²) in [4.78, 5) is 35.1. The van der Waals surface area contributed by atoms with Gasteiger partial charge in [-0.1, -0.05) is 41.1 Å². The number of ketones is 1. The van der Waals surface area contributed by atoms with Crippen LogP contribution < -0.4 is 14.5 Å². The van der Waals surface area contributed by atoms with Gasteiger partial charge in [0.1, 0.15) is 11.5 Å². The molecule has 1 atom stereocenters. The molecule has 7 nitrogen and oxygen atoms in total. The van der Waals surface area contributed by atoms with Crippen molar-refractivity contribution in [3.05, 3.63) is 87.9 Å². The number of aliphatic hydroxyl groups excluding tert-OH is 1. The van der Waals surface area contributed by atoms with Crippen molar-refractivity contribution in [2.75, 3.05) is 30.5 Å². The van der Waals surface area contributed by atoms with Gasteiger partial charge in [-0.3, -0.25) is 14.5 Å². The first kappa shape index (κ1) is 25.8. The number of ether oxygens (including phenoxy) is 1. The Hall–Kier alpha value is -3.88. The third-order valence-electron chi connectivity index (χ3n) is 6.41. The zero-order chi connectivity index (χ0) is 27.1. The minimum absolute atomic E-state index is 0.0569. The van der Waals surface area contributed by atoms with Crippen LogP contribution >= 0.6 is 22.9 Å². The summed E-state index contributed by atoms with van der Waals surface area (Å²) in [7, 11) is 3.86. The smallest absolute Gasteiger partial charge is 0.301 e. The fraction of sp³-hybridized carbons (Fsp3) is 0.207. The second-order valence-electron chi connectivity index (χ2n) is 9.20. The highest BCUT2D eigenvalue weighted by Gasteiger charge is 2.48. The first-order valence-corrected chi connectivity index (χ1v) is 13.3. The molecular weight excluding hydrogens is 522 g/mol. The van der Waals surface area contributed by atoms with Crippen LogP contribution in [0.2, 0.25) is 5.02 Å². The van der Waals surface area contributed by atoms with Crippen LogP contribution in [0.1, 0.15) is 29.7 Å². The van der Waals surface area contributed by atoms with E-state index >= 15 is 0 Å². The summed E-state index contributed by atoms with van der Waals surface area (Å²) in [6, 6.07) is 17.3. The molecule has 0 radical (unpaired) electrons. The first-order valence-electron chi connectivity index (χ1n) is 12.1. The van der Waals surface area contributed by atoms with E-state index in [0.717, 1.165) is 21.5 Å². The van der Waals surface area contributed by atoms with Gasteiger partial charge in [0.05, 0.1) is 33.5 Å². The second kappa shape index (κ2) is 10.1. The summed E-state index contributed by atoms with van der Waals surface area (Å²) in [5.74, 6) is -1.45. The Morgan fingerprint density at radius 2 is 1.84 bits per heavy atom. The van der Waals surface area contributed by atoms with E-state index in [-0.39, 0.29) is 21.9 Å². The standard InChI is InChI=1S/C29H26ClN3O4S/c1-5-37-19-11-12-21(30)20(15-19)26(34)24-25(17-7-9-18(10-8-17)32(3)4)33(28(36)27(24)35)29-31-22-13-6-16(2)14-23(22)38-29/h6-15,25,34H,5H2,1-4H3/b26-24+. The molecule has 1 saturated heterocycles. The lowest BCUT2D eigenvalue weighted by atomic mass is 9.95.